The van der Waals surface area contributed by atoms with Crippen LogP contribution in [0.4, 0.5) is 0 Å². The van der Waals surface area contributed by atoms with Gasteiger partial charge in [0, 0.05) is 24.6 Å². The molecule has 3 heteroatoms. The first-order valence-corrected chi connectivity index (χ1v) is 7.69. The summed E-state index contributed by atoms with van der Waals surface area (Å²) in [5, 5.41) is 11.4. The standard InChI is InChI=1S/C16H19NOS/c18-11-13-6-7-17(9-13)10-16-8-15(12-19-16)14-4-2-1-3-5-14/h1-5,8,12-13,18H,6-7,9-11H2. The van der Waals surface area contributed by atoms with Gasteiger partial charge in [0.05, 0.1) is 0 Å². The lowest BCUT2D eigenvalue weighted by Crippen LogP contribution is -2.20. The average molecular weight is 273 g/mol. The van der Waals surface area contributed by atoms with Gasteiger partial charge in [-0.25, -0.2) is 0 Å². The van der Waals surface area contributed by atoms with E-state index in [0.717, 1.165) is 26.1 Å². The highest BCUT2D eigenvalue weighted by atomic mass is 32.1. The zero-order valence-electron chi connectivity index (χ0n) is 11.0. The van der Waals surface area contributed by atoms with Crippen molar-refractivity contribution in [2.75, 3.05) is 19.7 Å². The van der Waals surface area contributed by atoms with Crippen molar-refractivity contribution in [2.45, 2.75) is 13.0 Å². The largest absolute Gasteiger partial charge is 0.396 e. The van der Waals surface area contributed by atoms with Gasteiger partial charge in [0.15, 0.2) is 0 Å². The molecular formula is C16H19NOS. The maximum absolute atomic E-state index is 9.18. The fourth-order valence-electron chi connectivity index (χ4n) is 2.67. The van der Waals surface area contributed by atoms with Gasteiger partial charge in [-0.1, -0.05) is 30.3 Å². The summed E-state index contributed by atoms with van der Waals surface area (Å²) in [4.78, 5) is 3.86. The van der Waals surface area contributed by atoms with Gasteiger partial charge in [-0.3, -0.25) is 4.90 Å². The predicted octanol–water partition coefficient (Wildman–Crippen LogP) is 3.23. The van der Waals surface area contributed by atoms with Crippen molar-refractivity contribution in [3.05, 3.63) is 46.7 Å². The molecule has 1 fully saturated rings. The van der Waals surface area contributed by atoms with E-state index in [1.165, 1.54) is 16.0 Å². The van der Waals surface area contributed by atoms with Crippen molar-refractivity contribution in [1.82, 2.24) is 4.90 Å². The Morgan fingerprint density at radius 1 is 1.21 bits per heavy atom. The topological polar surface area (TPSA) is 23.5 Å². The first-order valence-electron chi connectivity index (χ1n) is 6.81. The van der Waals surface area contributed by atoms with Crippen molar-refractivity contribution < 1.29 is 5.11 Å². The van der Waals surface area contributed by atoms with E-state index < -0.39 is 0 Å². The average Bonchev–Trinajstić information content (AvgIpc) is 3.09. The summed E-state index contributed by atoms with van der Waals surface area (Å²) in [6.45, 7) is 3.50. The van der Waals surface area contributed by atoms with Gasteiger partial charge < -0.3 is 5.11 Å². The van der Waals surface area contributed by atoms with E-state index in [9.17, 15) is 5.11 Å². The Bertz CT molecular complexity index is 523. The van der Waals surface area contributed by atoms with E-state index in [1.807, 2.05) is 11.3 Å². The number of aliphatic hydroxyl groups excluding tert-OH is 1. The second-order valence-electron chi connectivity index (χ2n) is 5.24. The number of hydrogen-bond donors (Lipinski definition) is 1. The van der Waals surface area contributed by atoms with Crippen molar-refractivity contribution in [2.24, 2.45) is 5.92 Å². The van der Waals surface area contributed by atoms with Crippen LogP contribution >= 0.6 is 11.3 Å². The third-order valence-electron chi connectivity index (χ3n) is 3.77. The summed E-state index contributed by atoms with van der Waals surface area (Å²) in [6.07, 6.45) is 1.13. The summed E-state index contributed by atoms with van der Waals surface area (Å²) in [5.74, 6) is 0.480. The highest BCUT2D eigenvalue weighted by Gasteiger charge is 2.21. The molecule has 0 amide bonds. The van der Waals surface area contributed by atoms with Crippen LogP contribution < -0.4 is 0 Å². The zero-order valence-corrected chi connectivity index (χ0v) is 11.8. The molecule has 0 saturated carbocycles. The molecule has 0 spiro atoms. The molecule has 1 aromatic heterocycles. The lowest BCUT2D eigenvalue weighted by Gasteiger charge is -2.13. The minimum absolute atomic E-state index is 0.330. The molecule has 2 heterocycles. The molecule has 100 valence electrons. The summed E-state index contributed by atoms with van der Waals surface area (Å²) >= 11 is 1.84. The van der Waals surface area contributed by atoms with Gasteiger partial charge in [0.2, 0.25) is 0 Å². The highest BCUT2D eigenvalue weighted by Crippen LogP contribution is 2.27. The van der Waals surface area contributed by atoms with E-state index >= 15 is 0 Å². The molecule has 1 aromatic carbocycles. The van der Waals surface area contributed by atoms with Crippen LogP contribution in [-0.2, 0) is 6.54 Å². The highest BCUT2D eigenvalue weighted by molar-refractivity contribution is 7.10. The van der Waals surface area contributed by atoms with E-state index in [1.54, 1.807) is 0 Å². The van der Waals surface area contributed by atoms with Gasteiger partial charge in [-0.2, -0.15) is 0 Å². The lowest BCUT2D eigenvalue weighted by atomic mass is 10.1. The molecule has 2 nitrogen and oxygen atoms in total. The summed E-state index contributed by atoms with van der Waals surface area (Å²) in [6, 6.07) is 12.8. The number of rotatable bonds is 4. The first kappa shape index (κ1) is 12.9. The number of benzene rings is 1. The van der Waals surface area contributed by atoms with Crippen LogP contribution in [0.2, 0.25) is 0 Å². The normalized spacial score (nSPS) is 19.9. The Balaban J connectivity index is 1.66. The molecule has 1 N–H and O–H groups in total. The van der Waals surface area contributed by atoms with Crippen LogP contribution in [0.3, 0.4) is 0 Å². The van der Waals surface area contributed by atoms with Crippen LogP contribution in [0.5, 0.6) is 0 Å². The monoisotopic (exact) mass is 273 g/mol. The van der Waals surface area contributed by atoms with Crippen molar-refractivity contribution in [1.29, 1.82) is 0 Å². The molecule has 1 saturated heterocycles. The third kappa shape index (κ3) is 3.06. The Hall–Kier alpha value is -1.16. The number of hydrogen-bond acceptors (Lipinski definition) is 3. The van der Waals surface area contributed by atoms with E-state index in [-0.39, 0.29) is 0 Å². The van der Waals surface area contributed by atoms with Crippen molar-refractivity contribution >= 4 is 11.3 Å². The Morgan fingerprint density at radius 2 is 2.05 bits per heavy atom. The van der Waals surface area contributed by atoms with Crippen LogP contribution in [0.25, 0.3) is 11.1 Å². The molecule has 1 unspecified atom stereocenters. The Morgan fingerprint density at radius 3 is 2.79 bits per heavy atom. The predicted molar refractivity (Wildman–Crippen MR) is 80.2 cm³/mol. The number of nitrogens with zero attached hydrogens (tertiary/aromatic N) is 1. The fraction of sp³-hybridized carbons (Fsp3) is 0.375. The smallest absolute Gasteiger partial charge is 0.0471 e. The minimum atomic E-state index is 0.330. The molecule has 19 heavy (non-hydrogen) atoms. The van der Waals surface area contributed by atoms with Gasteiger partial charge in [0.25, 0.3) is 0 Å². The molecule has 1 aliphatic heterocycles. The molecule has 1 atom stereocenters. The first-order chi connectivity index (χ1) is 9.35. The van der Waals surface area contributed by atoms with Gasteiger partial charge >= 0.3 is 0 Å². The fourth-order valence-corrected chi connectivity index (χ4v) is 3.61. The number of likely N-dealkylation sites (tertiary alicyclic amines) is 1. The molecule has 0 aliphatic carbocycles. The second-order valence-corrected chi connectivity index (χ2v) is 6.24. The Kier molecular flexibility index (Phi) is 3.97. The van der Waals surface area contributed by atoms with Crippen LogP contribution in [0.15, 0.2) is 41.8 Å². The van der Waals surface area contributed by atoms with E-state index in [0.29, 0.717) is 12.5 Å². The van der Waals surface area contributed by atoms with Gasteiger partial charge in [-0.05, 0) is 41.5 Å². The van der Waals surface area contributed by atoms with Gasteiger partial charge in [0.1, 0.15) is 0 Å². The second kappa shape index (κ2) is 5.87. The van der Waals surface area contributed by atoms with Crippen LogP contribution in [-0.4, -0.2) is 29.7 Å². The minimum Gasteiger partial charge on any atom is -0.396 e. The summed E-state index contributed by atoms with van der Waals surface area (Å²) in [5.41, 5.74) is 2.61. The maximum atomic E-state index is 9.18. The molecule has 2 aromatic rings. The van der Waals surface area contributed by atoms with Crippen LogP contribution in [0.1, 0.15) is 11.3 Å². The molecule has 3 rings (SSSR count). The van der Waals surface area contributed by atoms with Crippen molar-refractivity contribution in [3.63, 3.8) is 0 Å². The Labute approximate surface area is 118 Å². The molecule has 1 aliphatic rings. The maximum Gasteiger partial charge on any atom is 0.0471 e. The SMILES string of the molecule is OCC1CCN(Cc2cc(-c3ccccc3)cs2)C1. The quantitative estimate of drug-likeness (QED) is 0.924. The zero-order chi connectivity index (χ0) is 13.1. The molecule has 0 radical (unpaired) electrons. The van der Waals surface area contributed by atoms with E-state index in [2.05, 4.69) is 46.7 Å². The number of aliphatic hydroxyl groups is 1. The van der Waals surface area contributed by atoms with E-state index in [4.69, 9.17) is 0 Å². The van der Waals surface area contributed by atoms with Gasteiger partial charge in [-0.15, -0.1) is 11.3 Å². The molecule has 0 bridgehead atoms. The van der Waals surface area contributed by atoms with Crippen LogP contribution in [0, 0.1) is 5.92 Å². The lowest BCUT2D eigenvalue weighted by molar-refractivity contribution is 0.220. The molecular weight excluding hydrogens is 254 g/mol. The summed E-state index contributed by atoms with van der Waals surface area (Å²) < 4.78 is 0. The third-order valence-corrected chi connectivity index (χ3v) is 4.69. The number of thiophene rings is 1. The summed E-state index contributed by atoms with van der Waals surface area (Å²) in [7, 11) is 0. The van der Waals surface area contributed by atoms with Crippen molar-refractivity contribution in [3.8, 4) is 11.1 Å².